The second kappa shape index (κ2) is 8.57. The molecule has 3 aromatic rings. The predicted molar refractivity (Wildman–Crippen MR) is 114 cm³/mol. The standard InChI is InChI=1S/C23H26N4O2/c1-25(14-18-8-3-2-4-9-18)19-10-7-13-26(15-19)22(28)16-27-17-24-21-12-6-5-11-20(21)23(27)29/h2-6,8-9,11-12,17,19H,7,10,13-16H2,1H3/t19-/m0/s1. The van der Waals surface area contributed by atoms with Gasteiger partial charge in [0.1, 0.15) is 6.54 Å². The van der Waals surface area contributed by atoms with Crippen molar-refractivity contribution < 1.29 is 4.79 Å². The lowest BCUT2D eigenvalue weighted by atomic mass is 10.0. The number of nitrogens with zero attached hydrogens (tertiary/aromatic N) is 4. The van der Waals surface area contributed by atoms with E-state index >= 15 is 0 Å². The number of likely N-dealkylation sites (N-methyl/N-ethyl adjacent to an activating group) is 1. The molecule has 150 valence electrons. The van der Waals surface area contributed by atoms with Crippen LogP contribution in [0.15, 0.2) is 65.7 Å². The van der Waals surface area contributed by atoms with Crippen molar-refractivity contribution >= 4 is 16.8 Å². The first-order chi connectivity index (χ1) is 14.1. The van der Waals surface area contributed by atoms with E-state index in [1.165, 1.54) is 16.5 Å². The largest absolute Gasteiger partial charge is 0.340 e. The van der Waals surface area contributed by atoms with E-state index in [9.17, 15) is 9.59 Å². The van der Waals surface area contributed by atoms with Gasteiger partial charge < -0.3 is 4.90 Å². The Morgan fingerprint density at radius 1 is 1.14 bits per heavy atom. The normalized spacial score (nSPS) is 17.0. The van der Waals surface area contributed by atoms with Crippen LogP contribution in [-0.2, 0) is 17.9 Å². The van der Waals surface area contributed by atoms with E-state index in [1.807, 2.05) is 23.1 Å². The Hall–Kier alpha value is -2.99. The molecule has 0 aliphatic carbocycles. The van der Waals surface area contributed by atoms with Crippen molar-refractivity contribution in [1.82, 2.24) is 19.4 Å². The zero-order valence-corrected chi connectivity index (χ0v) is 16.7. The molecule has 2 aromatic carbocycles. The summed E-state index contributed by atoms with van der Waals surface area (Å²) < 4.78 is 1.42. The summed E-state index contributed by atoms with van der Waals surface area (Å²) in [5, 5.41) is 0.543. The zero-order chi connectivity index (χ0) is 20.2. The van der Waals surface area contributed by atoms with E-state index in [0.29, 0.717) is 23.5 Å². The van der Waals surface area contributed by atoms with Gasteiger partial charge in [-0.1, -0.05) is 42.5 Å². The molecule has 1 aliphatic rings. The molecule has 1 saturated heterocycles. The molecule has 0 spiro atoms. The van der Waals surface area contributed by atoms with Gasteiger partial charge in [0.05, 0.1) is 17.2 Å². The van der Waals surface area contributed by atoms with Crippen LogP contribution in [0.4, 0.5) is 0 Å². The Labute approximate surface area is 170 Å². The number of likely N-dealkylation sites (tertiary alicyclic amines) is 1. The van der Waals surface area contributed by atoms with Crippen molar-refractivity contribution in [2.75, 3.05) is 20.1 Å². The Morgan fingerprint density at radius 2 is 1.90 bits per heavy atom. The lowest BCUT2D eigenvalue weighted by Gasteiger charge is -2.37. The fourth-order valence-electron chi connectivity index (χ4n) is 4.01. The summed E-state index contributed by atoms with van der Waals surface area (Å²) in [4.78, 5) is 34.1. The second-order valence-electron chi connectivity index (χ2n) is 7.73. The molecule has 1 fully saturated rings. The summed E-state index contributed by atoms with van der Waals surface area (Å²) in [6, 6.07) is 17.9. The minimum Gasteiger partial charge on any atom is -0.340 e. The Bertz CT molecular complexity index is 1050. The van der Waals surface area contributed by atoms with Crippen LogP contribution in [0, 0.1) is 0 Å². The predicted octanol–water partition coefficient (Wildman–Crippen LogP) is 2.52. The van der Waals surface area contributed by atoms with Crippen LogP contribution in [-0.4, -0.2) is 51.4 Å². The van der Waals surface area contributed by atoms with Crippen molar-refractivity contribution in [1.29, 1.82) is 0 Å². The molecule has 29 heavy (non-hydrogen) atoms. The number of aromatic nitrogens is 2. The Balaban J connectivity index is 1.42. The maximum atomic E-state index is 12.9. The average Bonchev–Trinajstić information content (AvgIpc) is 2.76. The molecule has 0 unspecified atom stereocenters. The highest BCUT2D eigenvalue weighted by molar-refractivity contribution is 5.79. The van der Waals surface area contributed by atoms with Gasteiger partial charge in [0.2, 0.25) is 5.91 Å². The van der Waals surface area contributed by atoms with E-state index in [0.717, 1.165) is 25.9 Å². The highest BCUT2D eigenvalue weighted by atomic mass is 16.2. The third-order valence-electron chi connectivity index (χ3n) is 5.68. The Morgan fingerprint density at radius 3 is 2.72 bits per heavy atom. The lowest BCUT2D eigenvalue weighted by Crippen LogP contribution is -2.49. The van der Waals surface area contributed by atoms with E-state index < -0.39 is 0 Å². The zero-order valence-electron chi connectivity index (χ0n) is 16.7. The summed E-state index contributed by atoms with van der Waals surface area (Å²) in [5.74, 6) is -0.0259. The molecule has 4 rings (SSSR count). The summed E-state index contributed by atoms with van der Waals surface area (Å²) in [6.45, 7) is 2.33. The van der Waals surface area contributed by atoms with Gasteiger partial charge in [-0.3, -0.25) is 19.1 Å². The topological polar surface area (TPSA) is 58.4 Å². The van der Waals surface area contributed by atoms with Crippen molar-refractivity contribution in [3.05, 3.63) is 76.8 Å². The molecule has 6 heteroatoms. The van der Waals surface area contributed by atoms with Gasteiger partial charge in [-0.15, -0.1) is 0 Å². The van der Waals surface area contributed by atoms with Crippen LogP contribution >= 0.6 is 0 Å². The van der Waals surface area contributed by atoms with Gasteiger partial charge in [-0.25, -0.2) is 4.98 Å². The number of carbonyl (C=O) groups is 1. The number of piperidine rings is 1. The molecule has 1 amide bonds. The minimum absolute atomic E-state index is 0.0259. The number of benzene rings is 2. The summed E-state index contributed by atoms with van der Waals surface area (Å²) >= 11 is 0. The molecule has 0 radical (unpaired) electrons. The number of amides is 1. The van der Waals surface area contributed by atoms with Crippen molar-refractivity contribution in [3.8, 4) is 0 Å². The van der Waals surface area contributed by atoms with Crippen LogP contribution in [0.2, 0.25) is 0 Å². The first-order valence-corrected chi connectivity index (χ1v) is 10.1. The summed E-state index contributed by atoms with van der Waals surface area (Å²) in [6.07, 6.45) is 3.52. The van der Waals surface area contributed by atoms with E-state index in [4.69, 9.17) is 0 Å². The monoisotopic (exact) mass is 390 g/mol. The Kier molecular flexibility index (Phi) is 5.71. The number of hydrogen-bond acceptors (Lipinski definition) is 4. The van der Waals surface area contributed by atoms with Crippen molar-refractivity contribution in [3.63, 3.8) is 0 Å². The van der Waals surface area contributed by atoms with Crippen molar-refractivity contribution in [2.24, 2.45) is 0 Å². The molecule has 0 N–H and O–H groups in total. The molecular weight excluding hydrogens is 364 g/mol. The van der Waals surface area contributed by atoms with Gasteiger partial charge in [-0.05, 0) is 37.6 Å². The molecule has 6 nitrogen and oxygen atoms in total. The fraction of sp³-hybridized carbons (Fsp3) is 0.348. The summed E-state index contributed by atoms with van der Waals surface area (Å²) in [7, 11) is 2.11. The van der Waals surface area contributed by atoms with Gasteiger partial charge in [0.15, 0.2) is 0 Å². The lowest BCUT2D eigenvalue weighted by molar-refractivity contribution is -0.134. The first-order valence-electron chi connectivity index (χ1n) is 10.1. The smallest absolute Gasteiger partial charge is 0.261 e. The van der Waals surface area contributed by atoms with Gasteiger partial charge in [0, 0.05) is 25.7 Å². The van der Waals surface area contributed by atoms with E-state index in [-0.39, 0.29) is 18.0 Å². The third kappa shape index (κ3) is 4.38. The molecule has 1 aliphatic heterocycles. The highest BCUT2D eigenvalue weighted by Crippen LogP contribution is 2.17. The third-order valence-corrected chi connectivity index (χ3v) is 5.68. The minimum atomic E-state index is -0.168. The number of para-hydroxylation sites is 1. The van der Waals surface area contributed by atoms with Crippen LogP contribution in [0.1, 0.15) is 18.4 Å². The molecular formula is C23H26N4O2. The molecule has 0 bridgehead atoms. The number of carbonyl (C=O) groups excluding carboxylic acids is 1. The van der Waals surface area contributed by atoms with Crippen LogP contribution in [0.3, 0.4) is 0 Å². The van der Waals surface area contributed by atoms with Gasteiger partial charge in [0.25, 0.3) is 5.56 Å². The summed E-state index contributed by atoms with van der Waals surface area (Å²) in [5.41, 5.74) is 1.76. The number of fused-ring (bicyclic) bond motifs is 1. The number of rotatable bonds is 5. The second-order valence-corrected chi connectivity index (χ2v) is 7.73. The molecule has 2 heterocycles. The maximum absolute atomic E-state index is 12.9. The van der Waals surface area contributed by atoms with Crippen LogP contribution in [0.5, 0.6) is 0 Å². The maximum Gasteiger partial charge on any atom is 0.261 e. The van der Waals surface area contributed by atoms with Gasteiger partial charge >= 0.3 is 0 Å². The molecule has 1 aromatic heterocycles. The van der Waals surface area contributed by atoms with E-state index in [1.54, 1.807) is 12.1 Å². The molecule has 1 atom stereocenters. The first kappa shape index (κ1) is 19.3. The van der Waals surface area contributed by atoms with Crippen LogP contribution in [0.25, 0.3) is 10.9 Å². The fourth-order valence-corrected chi connectivity index (χ4v) is 4.01. The van der Waals surface area contributed by atoms with E-state index in [2.05, 4.69) is 41.2 Å². The SMILES string of the molecule is CN(Cc1ccccc1)[C@H]1CCCN(C(=O)Cn2cnc3ccccc3c2=O)C1. The number of hydrogen-bond donors (Lipinski definition) is 0. The quantitative estimate of drug-likeness (QED) is 0.672. The van der Waals surface area contributed by atoms with Gasteiger partial charge in [-0.2, -0.15) is 0 Å². The van der Waals surface area contributed by atoms with Crippen molar-refractivity contribution in [2.45, 2.75) is 32.0 Å². The molecule has 0 saturated carbocycles. The highest BCUT2D eigenvalue weighted by Gasteiger charge is 2.26. The average molecular weight is 390 g/mol. The van der Waals surface area contributed by atoms with Crippen LogP contribution < -0.4 is 5.56 Å².